The second-order valence-corrected chi connectivity index (χ2v) is 2.02. The van der Waals surface area contributed by atoms with E-state index < -0.39 is 11.5 Å². The van der Waals surface area contributed by atoms with Crippen LogP contribution in [0.3, 0.4) is 0 Å². The quantitative estimate of drug-likeness (QED) is 0.584. The van der Waals surface area contributed by atoms with Crippen LogP contribution in [-0.2, 0) is 16.5 Å². The topological polar surface area (TPSA) is 98.2 Å². The van der Waals surface area contributed by atoms with Crippen molar-refractivity contribution in [1.82, 2.24) is 0 Å². The third-order valence-corrected chi connectivity index (χ3v) is 1.02. The van der Waals surface area contributed by atoms with Crippen molar-refractivity contribution in [3.63, 3.8) is 0 Å². The maximum atomic E-state index is 10.3. The normalized spacial score (nSPS) is 7.85. The molecule has 0 heterocycles. The average molecular weight is 227 g/mol. The summed E-state index contributed by atoms with van der Waals surface area (Å²) in [4.78, 5) is 0. The standard InChI is InChI=1S/C6H6O2.C2H8N2.Ni/c7-5-3-1-2-4-6(5)8;3-1-2-4;/h1-4,7-8H;1-4H2;/q;;+2/p-2. The van der Waals surface area contributed by atoms with E-state index >= 15 is 0 Å². The van der Waals surface area contributed by atoms with Gasteiger partial charge in [0.05, 0.1) is 0 Å². The molecule has 4 nitrogen and oxygen atoms in total. The molecule has 0 saturated heterocycles. The van der Waals surface area contributed by atoms with E-state index in [1.165, 1.54) is 12.1 Å². The van der Waals surface area contributed by atoms with E-state index in [1.54, 1.807) is 12.1 Å². The van der Waals surface area contributed by atoms with Gasteiger partial charge in [-0.3, -0.25) is 0 Å². The molecular weight excluding hydrogens is 215 g/mol. The van der Waals surface area contributed by atoms with E-state index in [4.69, 9.17) is 11.5 Å². The molecule has 5 heteroatoms. The summed E-state index contributed by atoms with van der Waals surface area (Å²) in [5.74, 6) is -0.875. The zero-order valence-electron chi connectivity index (χ0n) is 7.01. The van der Waals surface area contributed by atoms with Gasteiger partial charge in [-0.1, -0.05) is 24.3 Å². The van der Waals surface area contributed by atoms with Crippen LogP contribution >= 0.6 is 0 Å². The van der Waals surface area contributed by atoms with Crippen LogP contribution in [0.25, 0.3) is 0 Å². The zero-order valence-corrected chi connectivity index (χ0v) is 8.00. The van der Waals surface area contributed by atoms with Gasteiger partial charge in [0.1, 0.15) is 0 Å². The molecule has 0 radical (unpaired) electrons. The Hall–Kier alpha value is -0.766. The maximum absolute atomic E-state index is 10.3. The Balaban J connectivity index is 0. The number of hydrogen-bond donors (Lipinski definition) is 2. The van der Waals surface area contributed by atoms with Gasteiger partial charge in [0.2, 0.25) is 0 Å². The molecule has 1 aromatic carbocycles. The molecule has 4 N–H and O–H groups in total. The van der Waals surface area contributed by atoms with Crippen LogP contribution in [0.15, 0.2) is 24.3 Å². The molecular formula is C8H12N2NiO2. The molecule has 0 atom stereocenters. The van der Waals surface area contributed by atoms with Crippen molar-refractivity contribution in [2.45, 2.75) is 0 Å². The molecule has 1 rings (SSSR count). The van der Waals surface area contributed by atoms with E-state index in [1.807, 2.05) is 0 Å². The summed E-state index contributed by atoms with van der Waals surface area (Å²) in [7, 11) is 0. The first kappa shape index (κ1) is 14.7. The van der Waals surface area contributed by atoms with E-state index in [-0.39, 0.29) is 16.5 Å². The molecule has 0 spiro atoms. The number of benzene rings is 1. The van der Waals surface area contributed by atoms with Gasteiger partial charge in [-0.15, -0.1) is 11.5 Å². The van der Waals surface area contributed by atoms with Gasteiger partial charge < -0.3 is 21.7 Å². The van der Waals surface area contributed by atoms with Crippen molar-refractivity contribution in [2.75, 3.05) is 13.1 Å². The molecule has 0 amide bonds. The van der Waals surface area contributed by atoms with Crippen molar-refractivity contribution in [3.8, 4) is 11.5 Å². The van der Waals surface area contributed by atoms with Crippen LogP contribution in [0.4, 0.5) is 0 Å². The fraction of sp³-hybridized carbons (Fsp3) is 0.250. The maximum Gasteiger partial charge on any atom is 2.00 e. The van der Waals surface area contributed by atoms with Crippen molar-refractivity contribution < 1.29 is 26.7 Å². The number of nitrogens with two attached hydrogens (primary N) is 2. The summed E-state index contributed by atoms with van der Waals surface area (Å²) in [6, 6.07) is 5.60. The van der Waals surface area contributed by atoms with Crippen LogP contribution in [0.5, 0.6) is 11.5 Å². The molecule has 0 saturated carbocycles. The largest absolute Gasteiger partial charge is 2.00 e. The van der Waals surface area contributed by atoms with E-state index in [2.05, 4.69) is 0 Å². The van der Waals surface area contributed by atoms with Crippen LogP contribution in [-0.4, -0.2) is 13.1 Å². The molecule has 0 aliphatic rings. The fourth-order valence-electron chi connectivity index (χ4n) is 0.450. The summed E-state index contributed by atoms with van der Waals surface area (Å²) in [5.41, 5.74) is 9.81. The van der Waals surface area contributed by atoms with Gasteiger partial charge in [0.15, 0.2) is 0 Å². The van der Waals surface area contributed by atoms with E-state index in [0.29, 0.717) is 13.1 Å². The Morgan fingerprint density at radius 2 is 1.23 bits per heavy atom. The molecule has 0 aliphatic heterocycles. The second-order valence-electron chi connectivity index (χ2n) is 2.02. The summed E-state index contributed by atoms with van der Waals surface area (Å²) in [6.07, 6.45) is 0. The molecule has 0 unspecified atom stereocenters. The monoisotopic (exact) mass is 226 g/mol. The van der Waals surface area contributed by atoms with E-state index in [9.17, 15) is 10.2 Å². The van der Waals surface area contributed by atoms with E-state index in [0.717, 1.165) is 0 Å². The van der Waals surface area contributed by atoms with Crippen molar-refractivity contribution in [1.29, 1.82) is 0 Å². The number of para-hydroxylation sites is 2. The Labute approximate surface area is 87.5 Å². The molecule has 76 valence electrons. The first-order chi connectivity index (χ1) is 5.72. The van der Waals surface area contributed by atoms with Crippen LogP contribution in [0.1, 0.15) is 0 Å². The van der Waals surface area contributed by atoms with Gasteiger partial charge in [0.25, 0.3) is 0 Å². The summed E-state index contributed by atoms with van der Waals surface area (Å²) < 4.78 is 0. The Kier molecular flexibility index (Phi) is 10.6. The predicted molar refractivity (Wildman–Crippen MR) is 43.4 cm³/mol. The molecule has 1 aromatic rings. The van der Waals surface area contributed by atoms with Gasteiger partial charge in [-0.25, -0.2) is 0 Å². The minimum atomic E-state index is -0.437. The molecule has 0 bridgehead atoms. The SMILES string of the molecule is NCCN.[Ni+2].[O-]c1ccccc1[O-]. The summed E-state index contributed by atoms with van der Waals surface area (Å²) in [6.45, 7) is 1.19. The minimum absolute atomic E-state index is 0. The van der Waals surface area contributed by atoms with Gasteiger partial charge >= 0.3 is 16.5 Å². The molecule has 0 fully saturated rings. The zero-order chi connectivity index (χ0) is 9.40. The van der Waals surface area contributed by atoms with Gasteiger partial charge in [-0.05, 0) is 0 Å². The first-order valence-electron chi connectivity index (χ1n) is 3.55. The van der Waals surface area contributed by atoms with Crippen molar-refractivity contribution >= 4 is 0 Å². The summed E-state index contributed by atoms with van der Waals surface area (Å²) >= 11 is 0. The van der Waals surface area contributed by atoms with Crippen LogP contribution in [0, 0.1) is 0 Å². The molecule has 0 aromatic heterocycles. The average Bonchev–Trinajstić information content (AvgIpc) is 2.11. The third kappa shape index (κ3) is 7.59. The predicted octanol–water partition coefficient (Wildman–Crippen LogP) is -1.26. The Morgan fingerprint density at radius 1 is 0.923 bits per heavy atom. The van der Waals surface area contributed by atoms with Crippen LogP contribution in [0.2, 0.25) is 0 Å². The first-order valence-corrected chi connectivity index (χ1v) is 3.55. The fourth-order valence-corrected chi connectivity index (χ4v) is 0.450. The van der Waals surface area contributed by atoms with Crippen LogP contribution < -0.4 is 21.7 Å². The smallest absolute Gasteiger partial charge is 0.873 e. The third-order valence-electron chi connectivity index (χ3n) is 1.02. The molecule has 0 aliphatic carbocycles. The summed E-state index contributed by atoms with van der Waals surface area (Å²) in [5, 5.41) is 20.6. The van der Waals surface area contributed by atoms with Gasteiger partial charge in [-0.2, -0.15) is 0 Å². The van der Waals surface area contributed by atoms with Crippen molar-refractivity contribution in [3.05, 3.63) is 24.3 Å². The van der Waals surface area contributed by atoms with Gasteiger partial charge in [0, 0.05) is 13.1 Å². The number of hydrogen-bond acceptors (Lipinski definition) is 4. The van der Waals surface area contributed by atoms with Crippen molar-refractivity contribution in [2.24, 2.45) is 11.5 Å². The second kappa shape index (κ2) is 9.32. The molecule has 13 heavy (non-hydrogen) atoms. The Morgan fingerprint density at radius 3 is 1.38 bits per heavy atom. The number of rotatable bonds is 1. The Bertz CT molecular complexity index is 198. The minimum Gasteiger partial charge on any atom is -0.873 e.